The fourth-order valence-electron chi connectivity index (χ4n) is 5.14. The summed E-state index contributed by atoms with van der Waals surface area (Å²) in [6.07, 6.45) is 9.52. The van der Waals surface area contributed by atoms with Crippen molar-refractivity contribution in [2.75, 3.05) is 7.11 Å². The van der Waals surface area contributed by atoms with Gasteiger partial charge in [-0.1, -0.05) is 54.4 Å². The van der Waals surface area contributed by atoms with Crippen molar-refractivity contribution in [3.63, 3.8) is 0 Å². The van der Waals surface area contributed by atoms with Crippen LogP contribution in [0.25, 0.3) is 0 Å². The Balaban J connectivity index is 3.02. The molecular formula is C25H39NO2. The Labute approximate surface area is 172 Å². The fourth-order valence-corrected chi connectivity index (χ4v) is 5.14. The molecule has 2 aliphatic carbocycles. The van der Waals surface area contributed by atoms with Crippen LogP contribution < -0.4 is 5.32 Å². The molecular weight excluding hydrogens is 346 g/mol. The lowest BCUT2D eigenvalue weighted by Crippen LogP contribution is -2.62. The van der Waals surface area contributed by atoms with Crippen LogP contribution in [0, 0.1) is 35.5 Å². The van der Waals surface area contributed by atoms with Crippen LogP contribution in [0.4, 0.5) is 0 Å². The number of nitrogens with one attached hydrogen (secondary N) is 1. The van der Waals surface area contributed by atoms with Gasteiger partial charge in [-0.25, -0.2) is 0 Å². The van der Waals surface area contributed by atoms with Gasteiger partial charge in [0.05, 0.1) is 6.04 Å². The van der Waals surface area contributed by atoms with Crippen molar-refractivity contribution in [3.05, 3.63) is 22.3 Å². The van der Waals surface area contributed by atoms with Crippen LogP contribution in [0.5, 0.6) is 0 Å². The lowest BCUT2D eigenvalue weighted by Gasteiger charge is -2.53. The van der Waals surface area contributed by atoms with E-state index in [4.69, 9.17) is 11.2 Å². The van der Waals surface area contributed by atoms with Gasteiger partial charge in [-0.3, -0.25) is 4.79 Å². The van der Waals surface area contributed by atoms with Crippen molar-refractivity contribution < 1.29 is 9.53 Å². The molecule has 1 saturated carbocycles. The molecule has 28 heavy (non-hydrogen) atoms. The third-order valence-electron chi connectivity index (χ3n) is 6.50. The molecule has 3 atom stereocenters. The van der Waals surface area contributed by atoms with Gasteiger partial charge in [0.1, 0.15) is 5.60 Å². The van der Waals surface area contributed by atoms with Crippen LogP contribution >= 0.6 is 0 Å². The van der Waals surface area contributed by atoms with E-state index in [1.165, 1.54) is 29.6 Å². The zero-order valence-electron chi connectivity index (χ0n) is 19.3. The summed E-state index contributed by atoms with van der Waals surface area (Å²) in [6.45, 7) is 17.2. The van der Waals surface area contributed by atoms with Gasteiger partial charge in [-0.15, -0.1) is 6.42 Å². The van der Waals surface area contributed by atoms with Gasteiger partial charge in [0.2, 0.25) is 5.91 Å². The molecule has 0 heterocycles. The smallest absolute Gasteiger partial charge is 0.217 e. The van der Waals surface area contributed by atoms with Gasteiger partial charge in [-0.05, 0) is 59.2 Å². The van der Waals surface area contributed by atoms with Crippen LogP contribution in [0.1, 0.15) is 74.7 Å². The Kier molecular flexibility index (Phi) is 6.56. The second kappa shape index (κ2) is 8.07. The second-order valence-corrected chi connectivity index (χ2v) is 9.88. The molecule has 156 valence electrons. The number of amides is 1. The molecule has 0 spiro atoms. The number of rotatable bonds is 6. The van der Waals surface area contributed by atoms with Gasteiger partial charge in [-0.2, -0.15) is 0 Å². The number of allylic oxidation sites excluding steroid dienone is 2. The number of hydrogen-bond donors (Lipinski definition) is 1. The molecule has 0 radical (unpaired) electrons. The van der Waals surface area contributed by atoms with Crippen molar-refractivity contribution >= 4 is 5.91 Å². The minimum absolute atomic E-state index is 0.0739. The number of hydrogen-bond acceptors (Lipinski definition) is 2. The number of ether oxygens (including phenoxy) is 1. The summed E-state index contributed by atoms with van der Waals surface area (Å²) >= 11 is 0. The summed E-state index contributed by atoms with van der Waals surface area (Å²) in [5.74, 6) is 3.97. The van der Waals surface area contributed by atoms with Crippen molar-refractivity contribution in [3.8, 4) is 12.3 Å². The highest BCUT2D eigenvalue weighted by Crippen LogP contribution is 2.57. The van der Waals surface area contributed by atoms with Crippen LogP contribution in [0.15, 0.2) is 22.3 Å². The molecule has 3 unspecified atom stereocenters. The maximum atomic E-state index is 12.2. The van der Waals surface area contributed by atoms with Gasteiger partial charge in [0, 0.05) is 19.6 Å². The summed E-state index contributed by atoms with van der Waals surface area (Å²) < 4.78 is 6.40. The first-order valence-electron chi connectivity index (χ1n) is 10.8. The maximum Gasteiger partial charge on any atom is 0.217 e. The highest BCUT2D eigenvalue weighted by Gasteiger charge is 2.56. The van der Waals surface area contributed by atoms with Crippen LogP contribution in [0.2, 0.25) is 0 Å². The molecule has 1 amide bonds. The van der Waals surface area contributed by atoms with E-state index in [0.29, 0.717) is 11.8 Å². The SMILES string of the molecule is C#CC1=C(C2CC2)C(C(C)CC)=C(C(C)(C)C)C(OC)(C(C)C)C1NC(C)=O. The number of carbonyl (C=O) groups is 1. The van der Waals surface area contributed by atoms with Gasteiger partial charge < -0.3 is 10.1 Å². The van der Waals surface area contributed by atoms with Gasteiger partial charge >= 0.3 is 0 Å². The van der Waals surface area contributed by atoms with E-state index in [2.05, 4.69) is 59.7 Å². The molecule has 0 aromatic heterocycles. The van der Waals surface area contributed by atoms with Crippen LogP contribution in [-0.2, 0) is 9.53 Å². The van der Waals surface area contributed by atoms with E-state index >= 15 is 0 Å². The average molecular weight is 386 g/mol. The van der Waals surface area contributed by atoms with Crippen LogP contribution in [-0.4, -0.2) is 24.7 Å². The number of terminal acetylenes is 1. The molecule has 2 aliphatic rings. The summed E-state index contributed by atoms with van der Waals surface area (Å²) in [4.78, 5) is 12.2. The average Bonchev–Trinajstić information content (AvgIpc) is 3.42. The van der Waals surface area contributed by atoms with Crippen molar-refractivity contribution in [2.45, 2.75) is 86.3 Å². The first-order valence-corrected chi connectivity index (χ1v) is 10.8. The van der Waals surface area contributed by atoms with E-state index in [1.54, 1.807) is 14.0 Å². The zero-order chi connectivity index (χ0) is 21.4. The molecule has 3 heteroatoms. The Hall–Kier alpha value is -1.53. The fraction of sp³-hybridized carbons (Fsp3) is 0.720. The molecule has 0 aromatic carbocycles. The standard InChI is InChI=1S/C25H39NO2/c1-11-16(5)20-21(18-13-14-18)19(12-2)23(26-17(6)27)25(28-10,15(3)4)22(20)24(7,8)9/h2,15-16,18,23H,11,13-14H2,1,3-10H3,(H,26,27). The summed E-state index contributed by atoms with van der Waals surface area (Å²) in [5.41, 5.74) is 4.17. The van der Waals surface area contributed by atoms with E-state index < -0.39 is 5.60 Å². The lowest BCUT2D eigenvalue weighted by molar-refractivity contribution is -0.123. The number of methoxy groups -OCH3 is 1. The second-order valence-electron chi connectivity index (χ2n) is 9.88. The Morgan fingerprint density at radius 1 is 1.32 bits per heavy atom. The van der Waals surface area contributed by atoms with Crippen molar-refractivity contribution in [1.82, 2.24) is 5.32 Å². The minimum Gasteiger partial charge on any atom is -0.371 e. The van der Waals surface area contributed by atoms with Gasteiger partial charge in [0.25, 0.3) is 0 Å². The Morgan fingerprint density at radius 2 is 1.89 bits per heavy atom. The first kappa shape index (κ1) is 22.8. The van der Waals surface area contributed by atoms with Crippen molar-refractivity contribution in [2.24, 2.45) is 23.2 Å². The molecule has 0 bridgehead atoms. The normalized spacial score (nSPS) is 27.1. The summed E-state index contributed by atoms with van der Waals surface area (Å²) in [5, 5.41) is 3.20. The predicted molar refractivity (Wildman–Crippen MR) is 117 cm³/mol. The minimum atomic E-state index is -0.664. The third-order valence-corrected chi connectivity index (χ3v) is 6.50. The molecule has 0 aliphatic heterocycles. The van der Waals surface area contributed by atoms with Crippen LogP contribution in [0.3, 0.4) is 0 Å². The van der Waals surface area contributed by atoms with E-state index in [0.717, 1.165) is 12.0 Å². The van der Waals surface area contributed by atoms with E-state index in [1.807, 2.05) is 0 Å². The monoisotopic (exact) mass is 385 g/mol. The molecule has 2 rings (SSSR count). The Bertz CT molecular complexity index is 725. The molecule has 1 fully saturated rings. The molecule has 3 nitrogen and oxygen atoms in total. The topological polar surface area (TPSA) is 38.3 Å². The van der Waals surface area contributed by atoms with E-state index in [9.17, 15) is 4.79 Å². The summed E-state index contributed by atoms with van der Waals surface area (Å²) in [6, 6.07) is -0.336. The zero-order valence-corrected chi connectivity index (χ0v) is 19.3. The van der Waals surface area contributed by atoms with Crippen molar-refractivity contribution in [1.29, 1.82) is 0 Å². The lowest BCUT2D eigenvalue weighted by atomic mass is 9.58. The highest BCUT2D eigenvalue weighted by atomic mass is 16.5. The van der Waals surface area contributed by atoms with E-state index in [-0.39, 0.29) is 23.3 Å². The quantitative estimate of drug-likeness (QED) is 0.632. The molecule has 1 N–H and O–H groups in total. The molecule has 0 saturated heterocycles. The largest absolute Gasteiger partial charge is 0.371 e. The predicted octanol–water partition coefficient (Wildman–Crippen LogP) is 5.27. The third kappa shape index (κ3) is 3.69. The highest BCUT2D eigenvalue weighted by molar-refractivity contribution is 5.75. The molecule has 0 aromatic rings. The maximum absolute atomic E-state index is 12.2. The number of carbonyl (C=O) groups excluding carboxylic acids is 1. The Morgan fingerprint density at radius 3 is 2.21 bits per heavy atom. The first-order chi connectivity index (χ1) is 13.0. The summed E-state index contributed by atoms with van der Waals surface area (Å²) in [7, 11) is 1.77. The van der Waals surface area contributed by atoms with Gasteiger partial charge in [0.15, 0.2) is 0 Å².